The fraction of sp³-hybridized carbons (Fsp3) is 0.462. The van der Waals surface area contributed by atoms with Crippen molar-refractivity contribution in [2.75, 3.05) is 0 Å². The molecule has 1 aromatic carbocycles. The van der Waals surface area contributed by atoms with Crippen LogP contribution >= 0.6 is 11.8 Å². The van der Waals surface area contributed by atoms with E-state index in [-0.39, 0.29) is 4.75 Å². The summed E-state index contributed by atoms with van der Waals surface area (Å²) in [6.45, 7) is 4.31. The van der Waals surface area contributed by atoms with Crippen LogP contribution in [0, 0.1) is 0 Å². The van der Waals surface area contributed by atoms with Gasteiger partial charge < -0.3 is 0 Å². The predicted octanol–water partition coefficient (Wildman–Crippen LogP) is 3.60. The molecular weight excluding hydrogens is 204 g/mol. The van der Waals surface area contributed by atoms with Crippen molar-refractivity contribution < 1.29 is 4.79 Å². The Bertz CT molecular complexity index is 356. The van der Waals surface area contributed by atoms with E-state index in [9.17, 15) is 4.79 Å². The van der Waals surface area contributed by atoms with Gasteiger partial charge in [-0.15, -0.1) is 11.8 Å². The van der Waals surface area contributed by atoms with Gasteiger partial charge in [-0.2, -0.15) is 0 Å². The van der Waals surface area contributed by atoms with Crippen LogP contribution in [0.15, 0.2) is 30.3 Å². The van der Waals surface area contributed by atoms with E-state index in [4.69, 9.17) is 0 Å². The van der Waals surface area contributed by atoms with Crippen molar-refractivity contribution in [3.05, 3.63) is 35.9 Å². The third kappa shape index (κ3) is 2.63. The molecule has 1 atom stereocenters. The molecule has 1 fully saturated rings. The van der Waals surface area contributed by atoms with Crippen molar-refractivity contribution in [1.82, 2.24) is 0 Å². The van der Waals surface area contributed by atoms with Crippen LogP contribution in [0.4, 0.5) is 0 Å². The largest absolute Gasteiger partial charge is 0.300 e. The van der Waals surface area contributed by atoms with Gasteiger partial charge in [-0.25, -0.2) is 0 Å². The maximum Gasteiger partial charge on any atom is 0.135 e. The van der Waals surface area contributed by atoms with Gasteiger partial charge in [0.05, 0.1) is 0 Å². The lowest BCUT2D eigenvalue weighted by molar-refractivity contribution is -0.119. The first-order chi connectivity index (χ1) is 7.07. The zero-order valence-electron chi connectivity index (χ0n) is 9.19. The second kappa shape index (κ2) is 4.01. The summed E-state index contributed by atoms with van der Waals surface area (Å²) in [6.07, 6.45) is 1.40. The lowest BCUT2D eigenvalue weighted by Gasteiger charge is -2.34. The fourth-order valence-electron chi connectivity index (χ4n) is 2.08. The Labute approximate surface area is 95.3 Å². The van der Waals surface area contributed by atoms with Crippen LogP contribution in [0.1, 0.15) is 37.5 Å². The van der Waals surface area contributed by atoms with Crippen LogP contribution < -0.4 is 0 Å². The lowest BCUT2D eigenvalue weighted by atomic mass is 9.99. The summed E-state index contributed by atoms with van der Waals surface area (Å²) in [6, 6.07) is 10.3. The van der Waals surface area contributed by atoms with Crippen LogP contribution in [-0.4, -0.2) is 10.5 Å². The van der Waals surface area contributed by atoms with Crippen LogP contribution in [-0.2, 0) is 4.79 Å². The molecule has 1 aromatic rings. The second-order valence-corrected chi connectivity index (χ2v) is 6.61. The molecule has 1 aliphatic heterocycles. The predicted molar refractivity (Wildman–Crippen MR) is 65.1 cm³/mol. The number of rotatable bonds is 1. The average Bonchev–Trinajstić information content (AvgIpc) is 2.16. The first-order valence-electron chi connectivity index (χ1n) is 5.31. The highest BCUT2D eigenvalue weighted by molar-refractivity contribution is 8.01. The van der Waals surface area contributed by atoms with Gasteiger partial charge in [0.15, 0.2) is 0 Å². The molecule has 0 saturated carbocycles. The van der Waals surface area contributed by atoms with Crippen molar-refractivity contribution in [3.8, 4) is 0 Å². The summed E-state index contributed by atoms with van der Waals surface area (Å²) in [5.74, 6) is 0.396. The molecule has 1 unspecified atom stereocenters. The van der Waals surface area contributed by atoms with Gasteiger partial charge in [-0.3, -0.25) is 4.79 Å². The Kier molecular flexibility index (Phi) is 2.87. The second-order valence-electron chi connectivity index (χ2n) is 4.70. The monoisotopic (exact) mass is 220 g/mol. The van der Waals surface area contributed by atoms with Gasteiger partial charge in [-0.05, 0) is 5.56 Å². The molecule has 2 heteroatoms. The molecule has 2 rings (SSSR count). The number of thioether (sulfide) groups is 1. The van der Waals surface area contributed by atoms with Crippen LogP contribution in [0.2, 0.25) is 0 Å². The topological polar surface area (TPSA) is 17.1 Å². The Balaban J connectivity index is 2.20. The van der Waals surface area contributed by atoms with E-state index in [1.807, 2.05) is 30.0 Å². The average molecular weight is 220 g/mol. The summed E-state index contributed by atoms with van der Waals surface area (Å²) in [5, 5.41) is 0.349. The lowest BCUT2D eigenvalue weighted by Crippen LogP contribution is -2.27. The molecule has 0 aliphatic carbocycles. The quantitative estimate of drug-likeness (QED) is 0.719. The van der Waals surface area contributed by atoms with E-state index in [0.717, 1.165) is 0 Å². The van der Waals surface area contributed by atoms with Crippen LogP contribution in [0.5, 0.6) is 0 Å². The zero-order valence-corrected chi connectivity index (χ0v) is 10.0. The normalized spacial score (nSPS) is 25.2. The number of benzene rings is 1. The summed E-state index contributed by atoms with van der Waals surface area (Å²) in [7, 11) is 0. The standard InChI is InChI=1S/C13H16OS/c1-13(2)9-11(14)8-12(15-13)10-6-4-3-5-7-10/h3-7,12H,8-9H2,1-2H3. The molecule has 0 bridgehead atoms. The highest BCUT2D eigenvalue weighted by atomic mass is 32.2. The molecular formula is C13H16OS. The SMILES string of the molecule is CC1(C)CC(=O)CC(c2ccccc2)S1. The van der Waals surface area contributed by atoms with E-state index in [1.54, 1.807) is 0 Å². The molecule has 0 aromatic heterocycles. The number of hydrogen-bond acceptors (Lipinski definition) is 2. The highest BCUT2D eigenvalue weighted by Crippen LogP contribution is 2.46. The van der Waals surface area contributed by atoms with E-state index in [2.05, 4.69) is 26.0 Å². The minimum absolute atomic E-state index is 0.0931. The highest BCUT2D eigenvalue weighted by Gasteiger charge is 2.33. The van der Waals surface area contributed by atoms with E-state index in [1.165, 1.54) is 5.56 Å². The van der Waals surface area contributed by atoms with Crippen molar-refractivity contribution in [2.45, 2.75) is 36.7 Å². The molecule has 0 amide bonds. The number of Topliss-reactive ketones (excluding diaryl/α,β-unsaturated/α-hetero) is 1. The van der Waals surface area contributed by atoms with Gasteiger partial charge in [0.25, 0.3) is 0 Å². The van der Waals surface area contributed by atoms with Gasteiger partial charge in [-0.1, -0.05) is 44.2 Å². The maximum atomic E-state index is 11.6. The van der Waals surface area contributed by atoms with Crippen molar-refractivity contribution >= 4 is 17.5 Å². The first kappa shape index (κ1) is 10.7. The summed E-state index contributed by atoms with van der Waals surface area (Å²) in [5.41, 5.74) is 1.28. The Morgan fingerprint density at radius 1 is 1.27 bits per heavy atom. The number of carbonyl (C=O) groups is 1. The molecule has 0 radical (unpaired) electrons. The van der Waals surface area contributed by atoms with E-state index < -0.39 is 0 Å². The smallest absolute Gasteiger partial charge is 0.135 e. The third-order valence-corrected chi connectivity index (χ3v) is 4.17. The van der Waals surface area contributed by atoms with Crippen LogP contribution in [0.3, 0.4) is 0 Å². The number of ketones is 1. The Hall–Kier alpha value is -0.760. The molecule has 1 heterocycles. The third-order valence-electron chi connectivity index (χ3n) is 2.67. The zero-order chi connectivity index (χ0) is 10.9. The molecule has 80 valence electrons. The molecule has 15 heavy (non-hydrogen) atoms. The Morgan fingerprint density at radius 2 is 1.93 bits per heavy atom. The minimum atomic E-state index is 0.0931. The van der Waals surface area contributed by atoms with E-state index in [0.29, 0.717) is 23.9 Å². The number of carbonyl (C=O) groups excluding carboxylic acids is 1. The van der Waals surface area contributed by atoms with Crippen molar-refractivity contribution in [1.29, 1.82) is 0 Å². The Morgan fingerprint density at radius 3 is 2.53 bits per heavy atom. The van der Waals surface area contributed by atoms with Gasteiger partial charge >= 0.3 is 0 Å². The van der Waals surface area contributed by atoms with Crippen molar-refractivity contribution in [3.63, 3.8) is 0 Å². The molecule has 1 aliphatic rings. The summed E-state index contributed by atoms with van der Waals surface area (Å²) in [4.78, 5) is 11.6. The first-order valence-corrected chi connectivity index (χ1v) is 6.19. The molecule has 0 N–H and O–H groups in total. The van der Waals surface area contributed by atoms with E-state index >= 15 is 0 Å². The van der Waals surface area contributed by atoms with Crippen LogP contribution in [0.25, 0.3) is 0 Å². The molecule has 0 spiro atoms. The maximum absolute atomic E-state index is 11.6. The molecule has 1 nitrogen and oxygen atoms in total. The van der Waals surface area contributed by atoms with Crippen molar-refractivity contribution in [2.24, 2.45) is 0 Å². The fourth-order valence-corrected chi connectivity index (χ4v) is 3.65. The number of hydrogen-bond donors (Lipinski definition) is 0. The molecule has 1 saturated heterocycles. The van der Waals surface area contributed by atoms with Gasteiger partial charge in [0.1, 0.15) is 5.78 Å². The summed E-state index contributed by atoms with van der Waals surface area (Å²) >= 11 is 1.92. The van der Waals surface area contributed by atoms with Gasteiger partial charge in [0, 0.05) is 22.8 Å². The van der Waals surface area contributed by atoms with Gasteiger partial charge in [0.2, 0.25) is 0 Å². The summed E-state index contributed by atoms with van der Waals surface area (Å²) < 4.78 is 0.0931. The minimum Gasteiger partial charge on any atom is -0.300 e.